The number of rotatable bonds is 5. The molecular formula is C53H31N3O2. The van der Waals surface area contributed by atoms with Crippen molar-refractivity contribution in [1.29, 1.82) is 0 Å². The second kappa shape index (κ2) is 12.8. The van der Waals surface area contributed by atoms with Gasteiger partial charge in [0.05, 0.1) is 0 Å². The molecule has 5 heteroatoms. The first-order valence-electron chi connectivity index (χ1n) is 19.4. The van der Waals surface area contributed by atoms with E-state index in [1.165, 1.54) is 32.7 Å². The predicted octanol–water partition coefficient (Wildman–Crippen LogP) is 14.3. The Hall–Kier alpha value is -7.89. The minimum absolute atomic E-state index is 0.568. The Morgan fingerprint density at radius 3 is 1.48 bits per heavy atom. The Balaban J connectivity index is 1.07. The van der Waals surface area contributed by atoms with Crippen LogP contribution in [0.25, 0.3) is 122 Å². The van der Waals surface area contributed by atoms with Crippen LogP contribution in [0.4, 0.5) is 0 Å². The van der Waals surface area contributed by atoms with Crippen LogP contribution in [0.2, 0.25) is 0 Å². The van der Waals surface area contributed by atoms with Crippen molar-refractivity contribution < 1.29 is 8.83 Å². The number of hydrogen-bond donors (Lipinski definition) is 0. The molecule has 12 rings (SSSR count). The summed E-state index contributed by atoms with van der Waals surface area (Å²) in [6.07, 6.45) is 0. The highest BCUT2D eigenvalue weighted by atomic mass is 16.3. The van der Waals surface area contributed by atoms with Gasteiger partial charge in [0.1, 0.15) is 22.3 Å². The fourth-order valence-electron chi connectivity index (χ4n) is 8.65. The normalized spacial score (nSPS) is 11.8. The number of aromatic nitrogens is 3. The molecule has 0 spiro atoms. The Kier molecular flexibility index (Phi) is 7.16. The van der Waals surface area contributed by atoms with Crippen molar-refractivity contribution in [3.8, 4) is 56.4 Å². The molecule has 0 N–H and O–H groups in total. The highest BCUT2D eigenvalue weighted by Crippen LogP contribution is 2.41. The van der Waals surface area contributed by atoms with Crippen molar-refractivity contribution in [3.63, 3.8) is 0 Å². The molecule has 0 amide bonds. The van der Waals surface area contributed by atoms with E-state index in [1.54, 1.807) is 0 Å². The largest absolute Gasteiger partial charge is 0.456 e. The molecule has 9 aromatic carbocycles. The fraction of sp³-hybridized carbons (Fsp3) is 0. The summed E-state index contributed by atoms with van der Waals surface area (Å²) in [6, 6.07) is 65.3. The summed E-state index contributed by atoms with van der Waals surface area (Å²) in [7, 11) is 0. The molecule has 0 aliphatic heterocycles. The summed E-state index contributed by atoms with van der Waals surface area (Å²) < 4.78 is 12.6. The SMILES string of the molecule is c1ccc(-c2cccc3ccc4ccc(-c5cccc(-c6nc(-c7cccc8oc9ccccc9c78)nc(-c7cccc8oc9ccccc9c78)n6)c5)cc4c23)cc1. The summed E-state index contributed by atoms with van der Waals surface area (Å²) >= 11 is 0. The summed E-state index contributed by atoms with van der Waals surface area (Å²) in [5.41, 5.74) is 10.5. The van der Waals surface area contributed by atoms with Gasteiger partial charge in [-0.25, -0.2) is 15.0 Å². The highest BCUT2D eigenvalue weighted by molar-refractivity contribution is 6.16. The van der Waals surface area contributed by atoms with E-state index in [4.69, 9.17) is 23.8 Å². The summed E-state index contributed by atoms with van der Waals surface area (Å²) in [5.74, 6) is 1.71. The molecule has 270 valence electrons. The summed E-state index contributed by atoms with van der Waals surface area (Å²) in [4.78, 5) is 15.7. The zero-order chi connectivity index (χ0) is 38.2. The maximum Gasteiger partial charge on any atom is 0.164 e. The van der Waals surface area contributed by atoms with Gasteiger partial charge in [-0.1, -0.05) is 152 Å². The third-order valence-corrected chi connectivity index (χ3v) is 11.3. The first kappa shape index (κ1) is 32.4. The van der Waals surface area contributed by atoms with E-state index >= 15 is 0 Å². The molecule has 0 radical (unpaired) electrons. The van der Waals surface area contributed by atoms with Crippen LogP contribution < -0.4 is 0 Å². The smallest absolute Gasteiger partial charge is 0.164 e. The molecule has 0 saturated heterocycles. The molecule has 12 aromatic rings. The van der Waals surface area contributed by atoms with Crippen LogP contribution in [0.3, 0.4) is 0 Å². The molecule has 0 fully saturated rings. The molecule has 5 nitrogen and oxygen atoms in total. The average molecular weight is 742 g/mol. The minimum Gasteiger partial charge on any atom is -0.456 e. The highest BCUT2D eigenvalue weighted by Gasteiger charge is 2.21. The van der Waals surface area contributed by atoms with E-state index in [1.807, 2.05) is 60.7 Å². The van der Waals surface area contributed by atoms with Crippen LogP contribution >= 0.6 is 0 Å². The van der Waals surface area contributed by atoms with Crippen molar-refractivity contribution in [1.82, 2.24) is 15.0 Å². The van der Waals surface area contributed by atoms with Crippen molar-refractivity contribution >= 4 is 65.4 Å². The number of furan rings is 2. The first-order valence-corrected chi connectivity index (χ1v) is 19.4. The molecule has 3 heterocycles. The fourth-order valence-corrected chi connectivity index (χ4v) is 8.65. The van der Waals surface area contributed by atoms with Crippen LogP contribution in [-0.4, -0.2) is 15.0 Å². The molecule has 0 aliphatic rings. The molecule has 0 unspecified atom stereocenters. The van der Waals surface area contributed by atoms with E-state index in [0.29, 0.717) is 17.5 Å². The van der Waals surface area contributed by atoms with Crippen molar-refractivity contribution in [2.24, 2.45) is 0 Å². The average Bonchev–Trinajstić information content (AvgIpc) is 3.87. The van der Waals surface area contributed by atoms with Crippen LogP contribution in [0, 0.1) is 0 Å². The van der Waals surface area contributed by atoms with Crippen LogP contribution in [-0.2, 0) is 0 Å². The minimum atomic E-state index is 0.568. The number of para-hydroxylation sites is 2. The number of fused-ring (bicyclic) bond motifs is 9. The number of nitrogens with zero attached hydrogens (tertiary/aromatic N) is 3. The predicted molar refractivity (Wildman–Crippen MR) is 237 cm³/mol. The monoisotopic (exact) mass is 741 g/mol. The molecule has 3 aromatic heterocycles. The van der Waals surface area contributed by atoms with Gasteiger partial charge in [-0.3, -0.25) is 0 Å². The van der Waals surface area contributed by atoms with E-state index < -0.39 is 0 Å². The third-order valence-electron chi connectivity index (χ3n) is 11.3. The Bertz CT molecular complexity index is 3450. The third kappa shape index (κ3) is 5.14. The van der Waals surface area contributed by atoms with E-state index in [0.717, 1.165) is 71.7 Å². The van der Waals surface area contributed by atoms with Gasteiger partial charge in [0.25, 0.3) is 0 Å². The van der Waals surface area contributed by atoms with Gasteiger partial charge in [0.15, 0.2) is 17.5 Å². The van der Waals surface area contributed by atoms with Crippen LogP contribution in [0.1, 0.15) is 0 Å². The van der Waals surface area contributed by atoms with E-state index in [-0.39, 0.29) is 0 Å². The molecule has 0 atom stereocenters. The lowest BCUT2D eigenvalue weighted by Crippen LogP contribution is -2.01. The Morgan fingerprint density at radius 1 is 0.276 bits per heavy atom. The van der Waals surface area contributed by atoms with Crippen molar-refractivity contribution in [3.05, 3.63) is 188 Å². The molecule has 0 bridgehead atoms. The Morgan fingerprint density at radius 2 is 0.776 bits per heavy atom. The van der Waals surface area contributed by atoms with Gasteiger partial charge in [-0.15, -0.1) is 0 Å². The lowest BCUT2D eigenvalue weighted by molar-refractivity contribution is 0.668. The molecular weight excluding hydrogens is 711 g/mol. The van der Waals surface area contributed by atoms with Gasteiger partial charge in [-0.05, 0) is 80.2 Å². The summed E-state index contributed by atoms with van der Waals surface area (Å²) in [6.45, 7) is 0. The van der Waals surface area contributed by atoms with Crippen molar-refractivity contribution in [2.45, 2.75) is 0 Å². The number of benzene rings is 9. The van der Waals surface area contributed by atoms with E-state index in [9.17, 15) is 0 Å². The van der Waals surface area contributed by atoms with Crippen LogP contribution in [0.15, 0.2) is 197 Å². The van der Waals surface area contributed by atoms with Gasteiger partial charge >= 0.3 is 0 Å². The van der Waals surface area contributed by atoms with Crippen molar-refractivity contribution in [2.75, 3.05) is 0 Å². The molecule has 0 aliphatic carbocycles. The zero-order valence-corrected chi connectivity index (χ0v) is 31.1. The van der Waals surface area contributed by atoms with Crippen LogP contribution in [0.5, 0.6) is 0 Å². The lowest BCUT2D eigenvalue weighted by atomic mass is 9.92. The van der Waals surface area contributed by atoms with Gasteiger partial charge in [0.2, 0.25) is 0 Å². The van der Waals surface area contributed by atoms with Gasteiger partial charge < -0.3 is 8.83 Å². The zero-order valence-electron chi connectivity index (χ0n) is 31.1. The van der Waals surface area contributed by atoms with E-state index in [2.05, 4.69) is 127 Å². The topological polar surface area (TPSA) is 65.0 Å². The second-order valence-corrected chi connectivity index (χ2v) is 14.7. The maximum atomic E-state index is 6.31. The number of hydrogen-bond acceptors (Lipinski definition) is 5. The quantitative estimate of drug-likeness (QED) is 0.164. The second-order valence-electron chi connectivity index (χ2n) is 14.7. The lowest BCUT2D eigenvalue weighted by Gasteiger charge is -2.13. The first-order chi connectivity index (χ1) is 28.7. The Labute approximate surface area is 332 Å². The summed E-state index contributed by atoms with van der Waals surface area (Å²) in [5, 5.41) is 8.85. The van der Waals surface area contributed by atoms with Gasteiger partial charge in [0, 0.05) is 38.2 Å². The molecule has 0 saturated carbocycles. The van der Waals surface area contributed by atoms with Gasteiger partial charge in [-0.2, -0.15) is 0 Å². The maximum absolute atomic E-state index is 6.31. The molecule has 58 heavy (non-hydrogen) atoms. The standard InChI is InChI=1S/C53H31N3O2/c1-2-12-32(13-3-1)38-19-9-14-34-28-26-33-27-29-36(31-43(33)48(34)38)35-15-8-16-37(30-35)51-54-52(41-20-10-24-46-49(41)39-17-4-6-22-44(39)57-46)56-53(55-51)42-21-11-25-47-50(42)40-18-5-7-23-45(40)58-47/h1-31H.